The van der Waals surface area contributed by atoms with Gasteiger partial charge in [-0.05, 0) is 12.2 Å². The fourth-order valence-electron chi connectivity index (χ4n) is 0.838. The smallest absolute Gasteiger partial charge is 0.0313 e. The third kappa shape index (κ3) is 4.64. The molecule has 0 aromatic carbocycles. The summed E-state index contributed by atoms with van der Waals surface area (Å²) >= 11 is 0. The average molecular weight is 171 g/mol. The quantitative estimate of drug-likeness (QED) is 0.595. The second-order valence-electron chi connectivity index (χ2n) is 2.57. The van der Waals surface area contributed by atoms with Gasteiger partial charge < -0.3 is 5.73 Å². The summed E-state index contributed by atoms with van der Waals surface area (Å²) in [5.41, 5.74) is 6.41. The molecule has 1 nitrogen and oxygen atoms in total. The van der Waals surface area contributed by atoms with Gasteiger partial charge in [-0.1, -0.05) is 54.7 Å². The third-order valence-electron chi connectivity index (χ3n) is 1.47. The zero-order valence-electron chi connectivity index (χ0n) is 7.43. The molecule has 0 aliphatic heterocycles. The van der Waals surface area contributed by atoms with Crippen LogP contribution in [0.5, 0.6) is 0 Å². The van der Waals surface area contributed by atoms with Gasteiger partial charge in [-0.2, -0.15) is 0 Å². The van der Waals surface area contributed by atoms with Crippen LogP contribution in [0.25, 0.3) is 0 Å². The SMILES string of the molecule is NC1=C/C=C/C=C\C=C/C=C\C=C\1. The van der Waals surface area contributed by atoms with E-state index in [1.807, 2.05) is 66.8 Å². The van der Waals surface area contributed by atoms with Crippen LogP contribution in [0.4, 0.5) is 0 Å². The van der Waals surface area contributed by atoms with Gasteiger partial charge in [-0.3, -0.25) is 0 Å². The molecule has 0 aromatic rings. The number of allylic oxidation sites excluding steroid dienone is 11. The number of hydrogen-bond acceptors (Lipinski definition) is 1. The van der Waals surface area contributed by atoms with Crippen molar-refractivity contribution in [1.82, 2.24) is 0 Å². The standard InChI is InChI=1S/C12H13N/c13-12-10-8-6-4-2-1-3-5-7-9-11-12/h1-11H,13H2/b2-1-,3-1?,4-2?,5-3-,6-4-,7-5?,8-6?,9-7+,10-8+,11-9?,12-10?,12-11+. The summed E-state index contributed by atoms with van der Waals surface area (Å²) in [6, 6.07) is 0. The van der Waals surface area contributed by atoms with Crippen LogP contribution in [0, 0.1) is 0 Å². The van der Waals surface area contributed by atoms with Crippen LogP contribution in [0.3, 0.4) is 0 Å². The molecule has 0 aromatic heterocycles. The summed E-state index contributed by atoms with van der Waals surface area (Å²) in [5.74, 6) is 0. The molecule has 1 aliphatic rings. The van der Waals surface area contributed by atoms with Crippen LogP contribution < -0.4 is 5.73 Å². The Labute approximate surface area is 79.0 Å². The highest BCUT2D eigenvalue weighted by Crippen LogP contribution is 1.92. The van der Waals surface area contributed by atoms with Crippen molar-refractivity contribution in [2.75, 3.05) is 0 Å². The van der Waals surface area contributed by atoms with E-state index in [2.05, 4.69) is 0 Å². The van der Waals surface area contributed by atoms with Crippen molar-refractivity contribution in [3.05, 3.63) is 72.5 Å². The second-order valence-corrected chi connectivity index (χ2v) is 2.57. The topological polar surface area (TPSA) is 26.0 Å². The lowest BCUT2D eigenvalue weighted by molar-refractivity contribution is 1.42. The normalized spacial score (nSPS) is 32.8. The molecule has 0 atom stereocenters. The minimum atomic E-state index is 0.749. The number of rotatable bonds is 0. The monoisotopic (exact) mass is 171 g/mol. The first-order valence-electron chi connectivity index (χ1n) is 4.20. The van der Waals surface area contributed by atoms with Gasteiger partial charge in [0.2, 0.25) is 0 Å². The first kappa shape index (κ1) is 9.33. The Bertz CT molecular complexity index is 312. The summed E-state index contributed by atoms with van der Waals surface area (Å²) in [7, 11) is 0. The first-order chi connectivity index (χ1) is 6.39. The lowest BCUT2D eigenvalue weighted by Crippen LogP contribution is -1.90. The Morgan fingerprint density at radius 3 is 1.69 bits per heavy atom. The largest absolute Gasteiger partial charge is 0.399 e. The van der Waals surface area contributed by atoms with Crippen molar-refractivity contribution >= 4 is 0 Å². The Kier molecular flexibility index (Phi) is 4.19. The summed E-state index contributed by atoms with van der Waals surface area (Å²) in [6.07, 6.45) is 21.3. The molecule has 0 spiro atoms. The van der Waals surface area contributed by atoms with Gasteiger partial charge >= 0.3 is 0 Å². The predicted molar refractivity (Wildman–Crippen MR) is 58.0 cm³/mol. The minimum absolute atomic E-state index is 0.749. The van der Waals surface area contributed by atoms with E-state index in [9.17, 15) is 0 Å². The first-order valence-corrected chi connectivity index (χ1v) is 4.20. The molecule has 1 heteroatoms. The van der Waals surface area contributed by atoms with Crippen LogP contribution >= 0.6 is 0 Å². The van der Waals surface area contributed by atoms with Crippen molar-refractivity contribution in [3.63, 3.8) is 0 Å². The maximum absolute atomic E-state index is 5.66. The molecule has 0 fully saturated rings. The van der Waals surface area contributed by atoms with E-state index in [0.717, 1.165) is 5.70 Å². The van der Waals surface area contributed by atoms with E-state index in [0.29, 0.717) is 0 Å². The van der Waals surface area contributed by atoms with E-state index in [1.54, 1.807) is 0 Å². The number of hydrogen-bond donors (Lipinski definition) is 1. The maximum Gasteiger partial charge on any atom is 0.0313 e. The molecule has 0 saturated carbocycles. The van der Waals surface area contributed by atoms with Gasteiger partial charge in [0.1, 0.15) is 0 Å². The average Bonchev–Trinajstić information content (AvgIpc) is 2.11. The van der Waals surface area contributed by atoms with E-state index < -0.39 is 0 Å². The van der Waals surface area contributed by atoms with Gasteiger partial charge in [0.25, 0.3) is 0 Å². The molecule has 13 heavy (non-hydrogen) atoms. The highest BCUT2D eigenvalue weighted by atomic mass is 14.5. The zero-order valence-corrected chi connectivity index (χ0v) is 7.43. The van der Waals surface area contributed by atoms with E-state index in [1.165, 1.54) is 0 Å². The molecular formula is C12H13N. The van der Waals surface area contributed by atoms with E-state index in [4.69, 9.17) is 5.73 Å². The highest BCUT2D eigenvalue weighted by molar-refractivity contribution is 5.27. The predicted octanol–water partition coefficient (Wildman–Crippen LogP) is 2.62. The molecule has 66 valence electrons. The Morgan fingerprint density at radius 1 is 0.615 bits per heavy atom. The molecule has 1 rings (SSSR count). The van der Waals surface area contributed by atoms with Crippen LogP contribution in [-0.4, -0.2) is 0 Å². The summed E-state index contributed by atoms with van der Waals surface area (Å²) < 4.78 is 0. The zero-order chi connectivity index (χ0) is 9.36. The lowest BCUT2D eigenvalue weighted by Gasteiger charge is -1.87. The third-order valence-corrected chi connectivity index (χ3v) is 1.47. The molecule has 0 heterocycles. The van der Waals surface area contributed by atoms with Crippen molar-refractivity contribution < 1.29 is 0 Å². The van der Waals surface area contributed by atoms with Gasteiger partial charge in [-0.25, -0.2) is 0 Å². The fourth-order valence-corrected chi connectivity index (χ4v) is 0.838. The molecule has 0 radical (unpaired) electrons. The van der Waals surface area contributed by atoms with E-state index >= 15 is 0 Å². The van der Waals surface area contributed by atoms with Crippen LogP contribution in [0.2, 0.25) is 0 Å². The molecule has 0 saturated heterocycles. The van der Waals surface area contributed by atoms with Crippen LogP contribution in [-0.2, 0) is 0 Å². The van der Waals surface area contributed by atoms with Crippen molar-refractivity contribution in [3.8, 4) is 0 Å². The molecule has 0 bridgehead atoms. The molecular weight excluding hydrogens is 158 g/mol. The fraction of sp³-hybridized carbons (Fsp3) is 0. The summed E-state index contributed by atoms with van der Waals surface area (Å²) in [5, 5.41) is 0. The Hall–Kier alpha value is -1.76. The molecule has 2 N–H and O–H groups in total. The van der Waals surface area contributed by atoms with Crippen molar-refractivity contribution in [1.29, 1.82) is 0 Å². The number of nitrogens with two attached hydrogens (primary N) is 1. The van der Waals surface area contributed by atoms with Crippen molar-refractivity contribution in [2.45, 2.75) is 0 Å². The van der Waals surface area contributed by atoms with Crippen molar-refractivity contribution in [2.24, 2.45) is 5.73 Å². The van der Waals surface area contributed by atoms with Gasteiger partial charge in [0.05, 0.1) is 0 Å². The Balaban J connectivity index is 2.78. The minimum Gasteiger partial charge on any atom is -0.399 e. The summed E-state index contributed by atoms with van der Waals surface area (Å²) in [6.45, 7) is 0. The second kappa shape index (κ2) is 5.84. The highest BCUT2D eigenvalue weighted by Gasteiger charge is 1.76. The summed E-state index contributed by atoms with van der Waals surface area (Å²) in [4.78, 5) is 0. The molecule has 0 unspecified atom stereocenters. The Morgan fingerprint density at radius 2 is 1.08 bits per heavy atom. The maximum atomic E-state index is 5.66. The lowest BCUT2D eigenvalue weighted by atomic mass is 10.3. The molecule has 1 aliphatic carbocycles. The van der Waals surface area contributed by atoms with Crippen LogP contribution in [0.1, 0.15) is 0 Å². The van der Waals surface area contributed by atoms with Gasteiger partial charge in [0, 0.05) is 5.70 Å². The van der Waals surface area contributed by atoms with Crippen LogP contribution in [0.15, 0.2) is 72.5 Å². The molecule has 0 amide bonds. The van der Waals surface area contributed by atoms with Gasteiger partial charge in [0.15, 0.2) is 0 Å². The van der Waals surface area contributed by atoms with E-state index in [-0.39, 0.29) is 0 Å². The van der Waals surface area contributed by atoms with Gasteiger partial charge in [-0.15, -0.1) is 0 Å².